The van der Waals surface area contributed by atoms with Crippen molar-refractivity contribution in [1.29, 1.82) is 0 Å². The highest BCUT2D eigenvalue weighted by Crippen LogP contribution is 1.83. The quantitative estimate of drug-likeness (QED) is 0.415. The SMILES string of the molecule is [3H]CSC#CC[CH]. The van der Waals surface area contributed by atoms with E-state index in [1.807, 2.05) is 0 Å². The lowest BCUT2D eigenvalue weighted by Gasteiger charge is -1.64. The summed E-state index contributed by atoms with van der Waals surface area (Å²) in [6, 6.07) is 0. The third kappa shape index (κ3) is 3.91. The van der Waals surface area contributed by atoms with Crippen LogP contribution in [-0.2, 0) is 0 Å². The van der Waals surface area contributed by atoms with Crippen LogP contribution in [0.15, 0.2) is 0 Å². The lowest BCUT2D eigenvalue weighted by atomic mass is 10.5. The second-order valence-corrected chi connectivity index (χ2v) is 1.12. The van der Waals surface area contributed by atoms with E-state index in [-0.39, 0.29) is 0 Å². The molecule has 0 aromatic heterocycles. The smallest absolute Gasteiger partial charge is 0.0354 e. The molecule has 0 aromatic carbocycles. The Morgan fingerprint density at radius 3 is 3.50 bits per heavy atom. The number of hydrogen-bond acceptors (Lipinski definition) is 1. The van der Waals surface area contributed by atoms with Crippen molar-refractivity contribution in [2.24, 2.45) is 0 Å². The first kappa shape index (κ1) is 4.08. The summed E-state index contributed by atoms with van der Waals surface area (Å²) < 4.78 is 6.60. The van der Waals surface area contributed by atoms with E-state index in [0.717, 1.165) is 0 Å². The Kier molecular flexibility index (Phi) is 3.34. The molecule has 0 N–H and O–H groups in total. The van der Waals surface area contributed by atoms with Gasteiger partial charge >= 0.3 is 0 Å². The molecule has 0 fully saturated rings. The lowest BCUT2D eigenvalue weighted by Crippen LogP contribution is -1.48. The fourth-order valence-electron chi connectivity index (χ4n) is 0.0927. The van der Waals surface area contributed by atoms with Gasteiger partial charge in [-0.2, -0.15) is 0 Å². The van der Waals surface area contributed by atoms with Gasteiger partial charge < -0.3 is 0 Å². The molecule has 0 aromatic rings. The molecule has 0 spiro atoms. The van der Waals surface area contributed by atoms with Crippen molar-refractivity contribution in [3.8, 4) is 11.2 Å². The van der Waals surface area contributed by atoms with E-state index in [0.29, 0.717) is 12.7 Å². The molecule has 0 rings (SSSR count). The third-order valence-corrected chi connectivity index (χ3v) is 0.535. The van der Waals surface area contributed by atoms with Crippen LogP contribution in [0, 0.1) is 18.1 Å². The van der Waals surface area contributed by atoms with Gasteiger partial charge in [0.15, 0.2) is 0 Å². The van der Waals surface area contributed by atoms with Gasteiger partial charge in [-0.15, -0.1) is 0 Å². The second-order valence-electron chi connectivity index (χ2n) is 0.627. The molecule has 0 nitrogen and oxygen atoms in total. The summed E-state index contributed by atoms with van der Waals surface area (Å²) in [5.74, 6) is 2.62. The van der Waals surface area contributed by atoms with Gasteiger partial charge in [0.25, 0.3) is 0 Å². The van der Waals surface area contributed by atoms with E-state index in [2.05, 4.69) is 11.2 Å². The standard InChI is InChI=1S/C5H6S/c1-3-4-5-6-2/h1H,3H2,2H3/i2T. The average molecular weight is 100 g/mol. The summed E-state index contributed by atoms with van der Waals surface area (Å²) in [5.41, 5.74) is 0. The zero-order valence-corrected chi connectivity index (χ0v) is 4.22. The first-order valence-electron chi connectivity index (χ1n) is 2.21. The zero-order valence-electron chi connectivity index (χ0n) is 4.40. The number of thioether (sulfide) groups is 1. The molecule has 32 valence electrons. The normalized spacial score (nSPS) is 8.50. The highest BCUT2D eigenvalue weighted by atomic mass is 32.2. The van der Waals surface area contributed by atoms with Gasteiger partial charge in [0.1, 0.15) is 0 Å². The van der Waals surface area contributed by atoms with Gasteiger partial charge in [0, 0.05) is 7.79 Å². The zero-order chi connectivity index (χ0) is 5.54. The van der Waals surface area contributed by atoms with Crippen LogP contribution in [0.25, 0.3) is 0 Å². The van der Waals surface area contributed by atoms with Gasteiger partial charge in [0.05, 0.1) is 0 Å². The molecule has 0 aliphatic carbocycles. The van der Waals surface area contributed by atoms with Crippen LogP contribution in [0.5, 0.6) is 0 Å². The summed E-state index contributed by atoms with van der Waals surface area (Å²) >= 11 is 1.26. The predicted octanol–water partition coefficient (Wildman–Crippen LogP) is 1.41. The van der Waals surface area contributed by atoms with Crippen molar-refractivity contribution in [1.82, 2.24) is 0 Å². The summed E-state index contributed by atoms with van der Waals surface area (Å²) in [6.45, 7) is 5.02. The van der Waals surface area contributed by atoms with Crippen molar-refractivity contribution in [2.45, 2.75) is 6.42 Å². The summed E-state index contributed by atoms with van der Waals surface area (Å²) in [4.78, 5) is 0. The Bertz CT molecular complexity index is 79.8. The molecule has 0 atom stereocenters. The monoisotopic (exact) mass is 100 g/mol. The first-order chi connectivity index (χ1) is 3.41. The molecule has 0 amide bonds. The topological polar surface area (TPSA) is 0 Å². The van der Waals surface area contributed by atoms with E-state index in [1.54, 1.807) is 0 Å². The minimum atomic E-state index is 0.299. The van der Waals surface area contributed by atoms with Gasteiger partial charge in [0.2, 0.25) is 0 Å². The van der Waals surface area contributed by atoms with Crippen LogP contribution in [-0.4, -0.2) is 6.23 Å². The first-order valence-corrected chi connectivity index (χ1v) is 2.49. The van der Waals surface area contributed by atoms with Crippen LogP contribution in [0.4, 0.5) is 0 Å². The van der Waals surface area contributed by atoms with Gasteiger partial charge in [-0.1, -0.05) is 17.7 Å². The maximum absolute atomic E-state index is 6.60. The highest BCUT2D eigenvalue weighted by Gasteiger charge is 1.56. The molecule has 0 bridgehead atoms. The van der Waals surface area contributed by atoms with Gasteiger partial charge in [-0.05, 0) is 18.4 Å². The second kappa shape index (κ2) is 4.91. The van der Waals surface area contributed by atoms with Crippen molar-refractivity contribution in [3.05, 3.63) is 6.92 Å². The largest absolute Gasteiger partial charge is 0.0910 e. The minimum Gasteiger partial charge on any atom is -0.0910 e. The van der Waals surface area contributed by atoms with Crippen molar-refractivity contribution in [2.75, 3.05) is 6.23 Å². The Labute approximate surface area is 44.7 Å². The van der Waals surface area contributed by atoms with E-state index >= 15 is 0 Å². The number of rotatable bonds is 0. The highest BCUT2D eigenvalue weighted by molar-refractivity contribution is 8.03. The lowest BCUT2D eigenvalue weighted by molar-refractivity contribution is 1.49. The van der Waals surface area contributed by atoms with E-state index in [1.165, 1.54) is 11.8 Å². The van der Waals surface area contributed by atoms with Crippen molar-refractivity contribution >= 4 is 11.8 Å². The Balaban J connectivity index is 2.91. The van der Waals surface area contributed by atoms with Crippen molar-refractivity contribution in [3.63, 3.8) is 0 Å². The van der Waals surface area contributed by atoms with Crippen LogP contribution < -0.4 is 0 Å². The average Bonchev–Trinajstić information content (AvgIpc) is 1.69. The predicted molar refractivity (Wildman–Crippen MR) is 30.2 cm³/mol. The third-order valence-electron chi connectivity index (χ3n) is 0.246. The van der Waals surface area contributed by atoms with E-state index in [9.17, 15) is 0 Å². The molecular formula is C5H6S. The maximum atomic E-state index is 6.60. The molecule has 0 aliphatic heterocycles. The molecule has 0 unspecified atom stereocenters. The molecule has 0 saturated heterocycles. The number of hydrogen-bond donors (Lipinski definition) is 0. The van der Waals surface area contributed by atoms with Gasteiger partial charge in [-0.25, -0.2) is 0 Å². The molecule has 2 radical (unpaired) electrons. The maximum Gasteiger partial charge on any atom is 0.0354 e. The van der Waals surface area contributed by atoms with E-state index < -0.39 is 0 Å². The fourth-order valence-corrected chi connectivity index (χ4v) is 0.278. The summed E-state index contributed by atoms with van der Waals surface area (Å²) in [7, 11) is 0. The van der Waals surface area contributed by atoms with E-state index in [4.69, 9.17) is 8.29 Å². The summed E-state index contributed by atoms with van der Waals surface area (Å²) in [6.07, 6.45) is 0.694. The fraction of sp³-hybridized carbons (Fsp3) is 0.400. The molecule has 1 heteroatoms. The molecule has 6 heavy (non-hydrogen) atoms. The Morgan fingerprint density at radius 1 is 2.17 bits per heavy atom. The van der Waals surface area contributed by atoms with Gasteiger partial charge in [-0.3, -0.25) is 0 Å². The molecule has 0 heterocycles. The Hall–Kier alpha value is -0.0900. The summed E-state index contributed by atoms with van der Waals surface area (Å²) in [5, 5.41) is 2.64. The van der Waals surface area contributed by atoms with Crippen LogP contribution in [0.3, 0.4) is 0 Å². The van der Waals surface area contributed by atoms with Crippen molar-refractivity contribution < 1.29 is 1.37 Å². The molecule has 0 saturated carbocycles. The van der Waals surface area contributed by atoms with Crippen LogP contribution in [0.2, 0.25) is 0 Å². The Morgan fingerprint density at radius 2 is 3.00 bits per heavy atom. The minimum absolute atomic E-state index is 0.299. The van der Waals surface area contributed by atoms with Crippen LogP contribution in [0.1, 0.15) is 7.79 Å². The van der Waals surface area contributed by atoms with Crippen LogP contribution >= 0.6 is 11.8 Å². The molecule has 0 aliphatic rings. The molecular weight excluding hydrogens is 92.1 g/mol.